The molecule has 2 amide bonds. The Kier molecular flexibility index (Phi) is 8.95. The standard InChI is InChI=1S/C26H31Cl2N3O6S/c1-17(26(33)29-19-5-3-4-6-19)30(15-18-7-9-21(27)22(28)13-18)25(32)16-31(38(2,34)35)20-8-10-23-24(14-20)37-12-11-36-23/h7-10,13-14,17,19H,3-6,11-12,15-16H2,1-2H3,(H,29,33). The van der Waals surface area contributed by atoms with Gasteiger partial charge in [-0.2, -0.15) is 0 Å². The molecule has 1 aliphatic heterocycles. The molecule has 0 radical (unpaired) electrons. The van der Waals surface area contributed by atoms with E-state index in [4.69, 9.17) is 32.7 Å². The minimum atomic E-state index is -3.87. The van der Waals surface area contributed by atoms with E-state index in [1.165, 1.54) is 11.0 Å². The van der Waals surface area contributed by atoms with Crippen LogP contribution >= 0.6 is 23.2 Å². The molecule has 0 spiro atoms. The van der Waals surface area contributed by atoms with Gasteiger partial charge in [-0.15, -0.1) is 0 Å². The molecule has 2 aromatic carbocycles. The lowest BCUT2D eigenvalue weighted by Crippen LogP contribution is -2.52. The summed E-state index contributed by atoms with van der Waals surface area (Å²) in [5.74, 6) is 0.0473. The fraction of sp³-hybridized carbons (Fsp3) is 0.462. The van der Waals surface area contributed by atoms with E-state index in [1.807, 2.05) is 0 Å². The highest BCUT2D eigenvalue weighted by atomic mass is 35.5. The van der Waals surface area contributed by atoms with E-state index in [9.17, 15) is 18.0 Å². The van der Waals surface area contributed by atoms with Gasteiger partial charge in [-0.25, -0.2) is 8.42 Å². The number of hydrogen-bond donors (Lipinski definition) is 1. The van der Waals surface area contributed by atoms with Gasteiger partial charge in [0.1, 0.15) is 25.8 Å². The molecule has 1 heterocycles. The van der Waals surface area contributed by atoms with Crippen molar-refractivity contribution in [2.75, 3.05) is 30.3 Å². The van der Waals surface area contributed by atoms with Crippen molar-refractivity contribution in [1.82, 2.24) is 10.2 Å². The van der Waals surface area contributed by atoms with Crippen LogP contribution in [0.1, 0.15) is 38.2 Å². The first-order valence-corrected chi connectivity index (χ1v) is 15.0. The van der Waals surface area contributed by atoms with Crippen LogP contribution in [0.2, 0.25) is 10.0 Å². The van der Waals surface area contributed by atoms with Crippen LogP contribution < -0.4 is 19.1 Å². The molecule has 1 unspecified atom stereocenters. The number of halogens is 2. The second-order valence-electron chi connectivity index (χ2n) is 9.53. The van der Waals surface area contributed by atoms with Gasteiger partial charge < -0.3 is 19.7 Å². The smallest absolute Gasteiger partial charge is 0.244 e. The minimum Gasteiger partial charge on any atom is -0.486 e. The van der Waals surface area contributed by atoms with Crippen LogP contribution in [0.5, 0.6) is 11.5 Å². The molecule has 2 aromatic rings. The van der Waals surface area contributed by atoms with Crippen molar-refractivity contribution in [1.29, 1.82) is 0 Å². The Balaban J connectivity index is 1.61. The number of anilines is 1. The second-order valence-corrected chi connectivity index (χ2v) is 12.3. The molecule has 1 fully saturated rings. The number of carbonyl (C=O) groups excluding carboxylic acids is 2. The van der Waals surface area contributed by atoms with Crippen molar-refractivity contribution >= 4 is 50.7 Å². The predicted molar refractivity (Wildman–Crippen MR) is 146 cm³/mol. The number of benzene rings is 2. The number of hydrogen-bond acceptors (Lipinski definition) is 6. The zero-order valence-corrected chi connectivity index (χ0v) is 23.6. The maximum absolute atomic E-state index is 13.7. The summed E-state index contributed by atoms with van der Waals surface area (Å²) < 4.78 is 37.7. The lowest BCUT2D eigenvalue weighted by molar-refractivity contribution is -0.139. The van der Waals surface area contributed by atoms with E-state index < -0.39 is 28.5 Å². The lowest BCUT2D eigenvalue weighted by Gasteiger charge is -2.32. The number of rotatable bonds is 9. The molecule has 4 rings (SSSR count). The highest BCUT2D eigenvalue weighted by molar-refractivity contribution is 7.92. The average molecular weight is 585 g/mol. The summed E-state index contributed by atoms with van der Waals surface area (Å²) in [6.45, 7) is 1.88. The molecule has 1 aliphatic carbocycles. The summed E-state index contributed by atoms with van der Waals surface area (Å²) in [5, 5.41) is 3.70. The summed E-state index contributed by atoms with van der Waals surface area (Å²) in [5.41, 5.74) is 0.904. The van der Waals surface area contributed by atoms with E-state index in [0.717, 1.165) is 36.2 Å². The Morgan fingerprint density at radius 2 is 1.71 bits per heavy atom. The van der Waals surface area contributed by atoms with E-state index in [-0.39, 0.29) is 24.2 Å². The Morgan fingerprint density at radius 3 is 2.37 bits per heavy atom. The lowest BCUT2D eigenvalue weighted by atomic mass is 10.1. The zero-order chi connectivity index (χ0) is 27.4. The van der Waals surface area contributed by atoms with Crippen LogP contribution in [0, 0.1) is 0 Å². The maximum Gasteiger partial charge on any atom is 0.244 e. The second kappa shape index (κ2) is 12.0. The van der Waals surface area contributed by atoms with Gasteiger partial charge in [-0.05, 0) is 49.6 Å². The number of nitrogens with one attached hydrogen (secondary N) is 1. The first-order valence-electron chi connectivity index (χ1n) is 12.4. The van der Waals surface area contributed by atoms with Gasteiger partial charge in [0.05, 0.1) is 22.0 Å². The molecule has 12 heteroatoms. The number of ether oxygens (including phenoxy) is 2. The third-order valence-corrected chi connectivity index (χ3v) is 8.58. The van der Waals surface area contributed by atoms with E-state index >= 15 is 0 Å². The van der Waals surface area contributed by atoms with Gasteiger partial charge >= 0.3 is 0 Å². The largest absolute Gasteiger partial charge is 0.486 e. The van der Waals surface area contributed by atoms with E-state index in [2.05, 4.69) is 5.32 Å². The quantitative estimate of drug-likeness (QED) is 0.478. The monoisotopic (exact) mass is 583 g/mol. The van der Waals surface area contributed by atoms with Gasteiger partial charge in [0.2, 0.25) is 21.8 Å². The molecule has 1 atom stereocenters. The SMILES string of the molecule is CC(C(=O)NC1CCCC1)N(Cc1ccc(Cl)c(Cl)c1)C(=O)CN(c1ccc2c(c1)OCCO2)S(C)(=O)=O. The van der Waals surface area contributed by atoms with Gasteiger partial charge in [0, 0.05) is 18.7 Å². The van der Waals surface area contributed by atoms with Crippen LogP contribution in [0.3, 0.4) is 0 Å². The van der Waals surface area contributed by atoms with Crippen molar-refractivity contribution in [3.05, 3.63) is 52.0 Å². The summed E-state index contributed by atoms with van der Waals surface area (Å²) >= 11 is 12.2. The fourth-order valence-corrected chi connectivity index (χ4v) is 5.77. The Labute approximate surface area is 233 Å². The van der Waals surface area contributed by atoms with Gasteiger partial charge in [0.25, 0.3) is 0 Å². The van der Waals surface area contributed by atoms with Crippen LogP contribution in [0.25, 0.3) is 0 Å². The molecule has 2 aliphatic rings. The summed E-state index contributed by atoms with van der Waals surface area (Å²) in [7, 11) is -3.87. The average Bonchev–Trinajstić information content (AvgIpc) is 3.39. The number of fused-ring (bicyclic) bond motifs is 1. The Hall–Kier alpha value is -2.69. The molecule has 1 saturated carbocycles. The highest BCUT2D eigenvalue weighted by Crippen LogP contribution is 2.35. The Bertz CT molecular complexity index is 1300. The number of amides is 2. The zero-order valence-electron chi connectivity index (χ0n) is 21.3. The number of sulfonamides is 1. The molecule has 1 N–H and O–H groups in total. The predicted octanol–water partition coefficient (Wildman–Crippen LogP) is 4.01. The number of carbonyl (C=O) groups is 2. The third kappa shape index (κ3) is 6.84. The molecule has 9 nitrogen and oxygen atoms in total. The third-order valence-electron chi connectivity index (χ3n) is 6.70. The van der Waals surface area contributed by atoms with E-state index in [0.29, 0.717) is 40.3 Å². The number of nitrogens with zero attached hydrogens (tertiary/aromatic N) is 2. The molecule has 0 saturated heterocycles. The van der Waals surface area contributed by atoms with Gasteiger partial charge in [-0.1, -0.05) is 42.1 Å². The molecular weight excluding hydrogens is 553 g/mol. The molecule has 0 bridgehead atoms. The fourth-order valence-electron chi connectivity index (χ4n) is 4.61. The molecular formula is C26H31Cl2N3O6S. The van der Waals surface area contributed by atoms with Crippen LogP contribution in [-0.4, -0.2) is 63.2 Å². The van der Waals surface area contributed by atoms with Crippen LogP contribution in [0.15, 0.2) is 36.4 Å². The van der Waals surface area contributed by atoms with Gasteiger partial charge in [0.15, 0.2) is 11.5 Å². The first-order chi connectivity index (χ1) is 18.0. The van der Waals surface area contributed by atoms with Crippen molar-refractivity contribution in [2.24, 2.45) is 0 Å². The van der Waals surface area contributed by atoms with Crippen LogP contribution in [0.4, 0.5) is 5.69 Å². The van der Waals surface area contributed by atoms with E-state index in [1.54, 1.807) is 37.3 Å². The summed E-state index contributed by atoms with van der Waals surface area (Å²) in [6, 6.07) is 8.85. The van der Waals surface area contributed by atoms with Gasteiger partial charge in [-0.3, -0.25) is 13.9 Å². The highest BCUT2D eigenvalue weighted by Gasteiger charge is 2.32. The topological polar surface area (TPSA) is 105 Å². The Morgan fingerprint density at radius 1 is 1.03 bits per heavy atom. The molecule has 206 valence electrons. The van der Waals surface area contributed by atoms with Crippen molar-refractivity contribution in [3.8, 4) is 11.5 Å². The maximum atomic E-state index is 13.7. The summed E-state index contributed by atoms with van der Waals surface area (Å²) in [6.07, 6.45) is 4.90. The van der Waals surface area contributed by atoms with Crippen LogP contribution in [-0.2, 0) is 26.2 Å². The summed E-state index contributed by atoms with van der Waals surface area (Å²) in [4.78, 5) is 28.2. The normalized spacial score (nSPS) is 16.1. The van der Waals surface area contributed by atoms with Crippen molar-refractivity contribution in [2.45, 2.75) is 51.2 Å². The van der Waals surface area contributed by atoms with Crippen molar-refractivity contribution in [3.63, 3.8) is 0 Å². The molecule has 38 heavy (non-hydrogen) atoms. The van der Waals surface area contributed by atoms with Crippen molar-refractivity contribution < 1.29 is 27.5 Å². The molecule has 0 aromatic heterocycles. The minimum absolute atomic E-state index is 0.0354. The first kappa shape index (κ1) is 28.3.